The van der Waals surface area contributed by atoms with Crippen LogP contribution >= 0.6 is 0 Å². The van der Waals surface area contributed by atoms with Gasteiger partial charge in [-0.15, -0.1) is 0 Å². The van der Waals surface area contributed by atoms with Gasteiger partial charge in [0.2, 0.25) is 11.8 Å². The van der Waals surface area contributed by atoms with Crippen molar-refractivity contribution in [2.24, 2.45) is 5.92 Å². The molecule has 0 bridgehead atoms. The number of carbonyl (C=O) groups is 3. The Balaban J connectivity index is 1.86. The summed E-state index contributed by atoms with van der Waals surface area (Å²) in [6.45, 7) is 9.83. The summed E-state index contributed by atoms with van der Waals surface area (Å²) >= 11 is 0. The molecule has 1 aliphatic rings. The maximum atomic E-state index is 13.9. The summed E-state index contributed by atoms with van der Waals surface area (Å²) in [5.74, 6) is -1.49. The van der Waals surface area contributed by atoms with Crippen LogP contribution in [0, 0.1) is 5.92 Å². The Morgan fingerprint density at radius 2 is 1.90 bits per heavy atom. The molecule has 4 unspecified atom stereocenters. The molecule has 9 nitrogen and oxygen atoms in total. The highest BCUT2D eigenvalue weighted by molar-refractivity contribution is 5.93. The number of likely N-dealkylation sites (tertiary alicyclic amines) is 1. The minimum Gasteiger partial charge on any atom is -0.458 e. The van der Waals surface area contributed by atoms with Gasteiger partial charge in [0.1, 0.15) is 17.7 Å². The Morgan fingerprint density at radius 1 is 1.15 bits per heavy atom. The molecule has 9 heteroatoms. The van der Waals surface area contributed by atoms with Crippen molar-refractivity contribution >= 4 is 28.7 Å². The summed E-state index contributed by atoms with van der Waals surface area (Å²) in [7, 11) is 3.90. The van der Waals surface area contributed by atoms with E-state index >= 15 is 0 Å². The number of aromatic nitrogens is 1. The smallest absolute Gasteiger partial charge is 0.329 e. The van der Waals surface area contributed by atoms with Crippen LogP contribution in [0.1, 0.15) is 71.3 Å². The van der Waals surface area contributed by atoms with Crippen LogP contribution in [0.4, 0.5) is 0 Å². The van der Waals surface area contributed by atoms with Crippen molar-refractivity contribution in [3.63, 3.8) is 0 Å². The van der Waals surface area contributed by atoms with Gasteiger partial charge in [0.15, 0.2) is 0 Å². The first kappa shape index (κ1) is 30.6. The maximum absolute atomic E-state index is 13.9. The van der Waals surface area contributed by atoms with E-state index < -0.39 is 23.7 Å². The van der Waals surface area contributed by atoms with E-state index in [-0.39, 0.29) is 23.7 Å². The standard InChI is InChI=1S/C30H47N5O4/c1-20(23-18-32-24-14-8-7-13-22(23)24)26(34-27(36)21-12-11-17-35(6)19-21)28(37)33-25(15-9-10-16-31-5)29(38)39-30(2,3)4/h7-8,13-14,18,20-21,25-26,31-32H,9-12,15-17,19H2,1-6H3,(H,33,37)(H,34,36). The van der Waals surface area contributed by atoms with Crippen molar-refractivity contribution in [3.8, 4) is 0 Å². The maximum Gasteiger partial charge on any atom is 0.329 e. The number of nitrogens with zero attached hydrogens (tertiary/aromatic N) is 1. The van der Waals surface area contributed by atoms with Crippen molar-refractivity contribution in [2.75, 3.05) is 33.7 Å². The van der Waals surface area contributed by atoms with E-state index in [0.29, 0.717) is 13.0 Å². The van der Waals surface area contributed by atoms with E-state index in [9.17, 15) is 14.4 Å². The zero-order valence-corrected chi connectivity index (χ0v) is 24.4. The summed E-state index contributed by atoms with van der Waals surface area (Å²) in [6, 6.07) is 6.26. The summed E-state index contributed by atoms with van der Waals surface area (Å²) < 4.78 is 5.65. The number of benzene rings is 1. The number of aromatic amines is 1. The number of para-hydroxylation sites is 1. The second-order valence-electron chi connectivity index (χ2n) is 11.9. The third kappa shape index (κ3) is 8.80. The van der Waals surface area contributed by atoms with Gasteiger partial charge >= 0.3 is 5.97 Å². The molecule has 0 aliphatic carbocycles. The van der Waals surface area contributed by atoms with Crippen LogP contribution in [-0.4, -0.2) is 79.1 Å². The SMILES string of the molecule is CNCCCCC(NC(=O)C(NC(=O)C1CCCN(C)C1)C(C)c1c[nH]c2ccccc12)C(=O)OC(C)(C)C. The Hall–Kier alpha value is -2.91. The number of esters is 1. The Morgan fingerprint density at radius 3 is 2.59 bits per heavy atom. The van der Waals surface area contributed by atoms with Gasteiger partial charge in [0.25, 0.3) is 0 Å². The van der Waals surface area contributed by atoms with Gasteiger partial charge in [-0.25, -0.2) is 4.79 Å². The number of unbranched alkanes of at least 4 members (excludes halogenated alkanes) is 1. The van der Waals surface area contributed by atoms with Crippen LogP contribution in [0.3, 0.4) is 0 Å². The highest BCUT2D eigenvalue weighted by Gasteiger charge is 2.35. The predicted molar refractivity (Wildman–Crippen MR) is 154 cm³/mol. The highest BCUT2D eigenvalue weighted by Crippen LogP contribution is 2.28. The fraction of sp³-hybridized carbons (Fsp3) is 0.633. The second-order valence-corrected chi connectivity index (χ2v) is 11.9. The lowest BCUT2D eigenvalue weighted by Gasteiger charge is -2.32. The van der Waals surface area contributed by atoms with Crippen LogP contribution in [0.2, 0.25) is 0 Å². The van der Waals surface area contributed by atoms with E-state index in [0.717, 1.165) is 55.2 Å². The molecule has 2 heterocycles. The monoisotopic (exact) mass is 541 g/mol. The van der Waals surface area contributed by atoms with Crippen molar-refractivity contribution in [2.45, 2.75) is 83.4 Å². The molecule has 216 valence electrons. The van der Waals surface area contributed by atoms with E-state index in [1.807, 2.05) is 72.3 Å². The van der Waals surface area contributed by atoms with Gasteiger partial charge in [-0.1, -0.05) is 25.1 Å². The first-order valence-corrected chi connectivity index (χ1v) is 14.2. The lowest BCUT2D eigenvalue weighted by atomic mass is 9.90. The summed E-state index contributed by atoms with van der Waals surface area (Å²) in [4.78, 5) is 45.9. The molecule has 0 radical (unpaired) electrons. The van der Waals surface area contributed by atoms with Crippen molar-refractivity contribution < 1.29 is 19.1 Å². The van der Waals surface area contributed by atoms with E-state index in [4.69, 9.17) is 4.74 Å². The molecule has 1 aromatic carbocycles. The first-order chi connectivity index (χ1) is 18.5. The van der Waals surface area contributed by atoms with Gasteiger partial charge < -0.3 is 30.6 Å². The Bertz CT molecular complexity index is 1110. The molecule has 2 amide bonds. The average molecular weight is 542 g/mol. The number of nitrogens with one attached hydrogen (secondary N) is 4. The van der Waals surface area contributed by atoms with E-state index in [1.165, 1.54) is 0 Å². The van der Waals surface area contributed by atoms with Gasteiger partial charge in [-0.3, -0.25) is 9.59 Å². The first-order valence-electron chi connectivity index (χ1n) is 14.2. The molecule has 39 heavy (non-hydrogen) atoms. The Labute approximate surface area is 232 Å². The highest BCUT2D eigenvalue weighted by atomic mass is 16.6. The minimum absolute atomic E-state index is 0.128. The number of hydrogen-bond acceptors (Lipinski definition) is 6. The minimum atomic E-state index is -0.855. The van der Waals surface area contributed by atoms with Gasteiger partial charge in [-0.2, -0.15) is 0 Å². The zero-order valence-electron chi connectivity index (χ0n) is 24.4. The van der Waals surface area contributed by atoms with Crippen molar-refractivity contribution in [3.05, 3.63) is 36.0 Å². The van der Waals surface area contributed by atoms with E-state index in [2.05, 4.69) is 25.8 Å². The quantitative estimate of drug-likeness (QED) is 0.242. The van der Waals surface area contributed by atoms with Crippen LogP contribution < -0.4 is 16.0 Å². The van der Waals surface area contributed by atoms with Crippen LogP contribution in [0.25, 0.3) is 10.9 Å². The molecule has 0 spiro atoms. The van der Waals surface area contributed by atoms with E-state index in [1.54, 1.807) is 0 Å². The number of carbonyl (C=O) groups excluding carboxylic acids is 3. The molecule has 1 fully saturated rings. The molecule has 1 aromatic heterocycles. The normalized spacial score (nSPS) is 18.8. The summed E-state index contributed by atoms with van der Waals surface area (Å²) in [5.41, 5.74) is 1.23. The molecule has 4 atom stereocenters. The molecule has 1 aliphatic heterocycles. The lowest BCUT2D eigenvalue weighted by molar-refractivity contribution is -0.159. The number of rotatable bonds is 12. The molecule has 2 aromatic rings. The largest absolute Gasteiger partial charge is 0.458 e. The van der Waals surface area contributed by atoms with Crippen LogP contribution in [-0.2, 0) is 19.1 Å². The number of fused-ring (bicyclic) bond motifs is 1. The topological polar surface area (TPSA) is 116 Å². The fourth-order valence-electron chi connectivity index (χ4n) is 5.25. The van der Waals surface area contributed by atoms with Crippen molar-refractivity contribution in [1.82, 2.24) is 25.8 Å². The third-order valence-corrected chi connectivity index (χ3v) is 7.36. The number of ether oxygens (including phenoxy) is 1. The molecular weight excluding hydrogens is 494 g/mol. The van der Waals surface area contributed by atoms with Gasteiger partial charge in [0, 0.05) is 29.6 Å². The third-order valence-electron chi connectivity index (χ3n) is 7.36. The molecule has 0 saturated carbocycles. The summed E-state index contributed by atoms with van der Waals surface area (Å²) in [6.07, 6.45) is 5.70. The van der Waals surface area contributed by atoms with Crippen LogP contribution in [0.15, 0.2) is 30.5 Å². The lowest BCUT2D eigenvalue weighted by Crippen LogP contribution is -2.56. The molecule has 4 N–H and O–H groups in total. The van der Waals surface area contributed by atoms with Crippen molar-refractivity contribution in [1.29, 1.82) is 0 Å². The molecular formula is C30H47N5O4. The summed E-state index contributed by atoms with van der Waals surface area (Å²) in [5, 5.41) is 10.1. The molecule has 3 rings (SSSR count). The molecule has 1 saturated heterocycles. The zero-order chi connectivity index (χ0) is 28.6. The van der Waals surface area contributed by atoms with Crippen LogP contribution in [0.5, 0.6) is 0 Å². The number of amides is 2. The van der Waals surface area contributed by atoms with Gasteiger partial charge in [0.05, 0.1) is 5.92 Å². The fourth-order valence-corrected chi connectivity index (χ4v) is 5.25. The predicted octanol–water partition coefficient (Wildman–Crippen LogP) is 3.31. The number of hydrogen-bond donors (Lipinski definition) is 4. The number of H-pyrrole nitrogens is 1. The number of piperidine rings is 1. The Kier molecular flexibility index (Phi) is 10.9. The second kappa shape index (κ2) is 13.9. The average Bonchev–Trinajstić information content (AvgIpc) is 3.31. The van der Waals surface area contributed by atoms with Gasteiger partial charge in [-0.05, 0) is 91.7 Å².